The summed E-state index contributed by atoms with van der Waals surface area (Å²) in [7, 11) is 0. The van der Waals surface area contributed by atoms with Gasteiger partial charge in [0.05, 0.1) is 9.75 Å². The second-order valence-corrected chi connectivity index (χ2v) is 6.41. The molecule has 16 heavy (non-hydrogen) atoms. The fraction of sp³-hybridized carbons (Fsp3) is 0. The van der Waals surface area contributed by atoms with E-state index in [0.29, 0.717) is 9.75 Å². The highest BCUT2D eigenvalue weighted by Gasteiger charge is 2.19. The SMILES string of the molecule is O=Cc1scc(Br)c1-c1c(Br)csc1C=O. The lowest BCUT2D eigenvalue weighted by Crippen LogP contribution is -1.85. The zero-order chi connectivity index (χ0) is 11.7. The van der Waals surface area contributed by atoms with Crippen molar-refractivity contribution in [2.24, 2.45) is 0 Å². The van der Waals surface area contributed by atoms with Gasteiger partial charge in [0.15, 0.2) is 12.6 Å². The zero-order valence-corrected chi connectivity index (χ0v) is 12.5. The number of thiophene rings is 2. The van der Waals surface area contributed by atoms with Crippen LogP contribution >= 0.6 is 54.5 Å². The average molecular weight is 380 g/mol. The van der Waals surface area contributed by atoms with E-state index in [1.54, 1.807) is 0 Å². The van der Waals surface area contributed by atoms with Crippen molar-refractivity contribution in [2.45, 2.75) is 0 Å². The molecule has 2 heterocycles. The molecule has 0 aromatic carbocycles. The van der Waals surface area contributed by atoms with Crippen LogP contribution in [0, 0.1) is 0 Å². The average Bonchev–Trinajstić information content (AvgIpc) is 2.81. The summed E-state index contributed by atoms with van der Waals surface area (Å²) in [6.45, 7) is 0. The van der Waals surface area contributed by atoms with Gasteiger partial charge < -0.3 is 0 Å². The number of hydrogen-bond donors (Lipinski definition) is 0. The van der Waals surface area contributed by atoms with Gasteiger partial charge in [0.25, 0.3) is 0 Å². The Balaban J connectivity index is 2.74. The minimum atomic E-state index is 0.620. The Hall–Kier alpha value is -0.300. The molecule has 0 radical (unpaired) electrons. The van der Waals surface area contributed by atoms with Crippen molar-refractivity contribution >= 4 is 67.1 Å². The van der Waals surface area contributed by atoms with Crippen LogP contribution in [0.2, 0.25) is 0 Å². The summed E-state index contributed by atoms with van der Waals surface area (Å²) in [5, 5.41) is 3.69. The van der Waals surface area contributed by atoms with Gasteiger partial charge in [-0.1, -0.05) is 0 Å². The standard InChI is InChI=1S/C10H4Br2O2S2/c11-5-3-15-7(1-13)9(5)10-6(12)4-16-8(10)2-14/h1-4H. The molecular weight excluding hydrogens is 376 g/mol. The number of aldehydes is 2. The molecule has 2 aromatic heterocycles. The molecule has 2 aromatic rings. The van der Waals surface area contributed by atoms with Crippen molar-refractivity contribution in [1.82, 2.24) is 0 Å². The van der Waals surface area contributed by atoms with Gasteiger partial charge in [-0.15, -0.1) is 22.7 Å². The van der Waals surface area contributed by atoms with E-state index in [1.165, 1.54) is 22.7 Å². The predicted octanol–water partition coefficient (Wildman–Crippen LogP) is 4.63. The van der Waals surface area contributed by atoms with Gasteiger partial charge in [-0.3, -0.25) is 9.59 Å². The highest BCUT2D eigenvalue weighted by Crippen LogP contribution is 2.43. The first-order chi connectivity index (χ1) is 7.69. The van der Waals surface area contributed by atoms with E-state index in [1.807, 2.05) is 10.8 Å². The van der Waals surface area contributed by atoms with Gasteiger partial charge in [0.1, 0.15) is 0 Å². The van der Waals surface area contributed by atoms with Crippen molar-refractivity contribution < 1.29 is 9.59 Å². The monoisotopic (exact) mass is 378 g/mol. The highest BCUT2D eigenvalue weighted by atomic mass is 79.9. The summed E-state index contributed by atoms with van der Waals surface area (Å²) in [6.07, 6.45) is 1.62. The molecule has 2 nitrogen and oxygen atoms in total. The van der Waals surface area contributed by atoms with Crippen LogP contribution in [0.1, 0.15) is 19.3 Å². The van der Waals surface area contributed by atoms with Gasteiger partial charge in [0, 0.05) is 30.8 Å². The Morgan fingerprint density at radius 2 is 1.25 bits per heavy atom. The van der Waals surface area contributed by atoms with Crippen LogP contribution in [0.15, 0.2) is 19.7 Å². The summed E-state index contributed by atoms with van der Waals surface area (Å²) < 4.78 is 1.67. The van der Waals surface area contributed by atoms with Gasteiger partial charge in [-0.05, 0) is 31.9 Å². The third kappa shape index (κ3) is 1.95. The number of hydrogen-bond acceptors (Lipinski definition) is 4. The number of carbonyl (C=O) groups excluding carboxylic acids is 2. The molecule has 0 saturated heterocycles. The quantitative estimate of drug-likeness (QED) is 0.728. The van der Waals surface area contributed by atoms with Crippen LogP contribution in [0.25, 0.3) is 11.1 Å². The van der Waals surface area contributed by atoms with E-state index >= 15 is 0 Å². The van der Waals surface area contributed by atoms with Crippen LogP contribution in [0.3, 0.4) is 0 Å². The summed E-state index contributed by atoms with van der Waals surface area (Å²) in [5.74, 6) is 0. The first-order valence-electron chi connectivity index (χ1n) is 4.13. The van der Waals surface area contributed by atoms with Gasteiger partial charge >= 0.3 is 0 Å². The smallest absolute Gasteiger partial charge is 0.160 e. The van der Waals surface area contributed by atoms with Crippen molar-refractivity contribution in [3.05, 3.63) is 29.5 Å². The lowest BCUT2D eigenvalue weighted by molar-refractivity contribution is 0.111. The topological polar surface area (TPSA) is 34.1 Å². The minimum Gasteiger partial charge on any atom is -0.297 e. The lowest BCUT2D eigenvalue weighted by Gasteiger charge is -2.01. The molecule has 0 saturated carbocycles. The van der Waals surface area contributed by atoms with Crippen molar-refractivity contribution in [3.8, 4) is 11.1 Å². The van der Waals surface area contributed by atoms with Gasteiger partial charge in [0.2, 0.25) is 0 Å². The molecule has 0 bridgehead atoms. The van der Waals surface area contributed by atoms with E-state index in [2.05, 4.69) is 31.9 Å². The Bertz CT molecular complexity index is 507. The summed E-state index contributed by atoms with van der Waals surface area (Å²) >= 11 is 9.50. The predicted molar refractivity (Wildman–Crippen MR) is 73.8 cm³/mol. The number of rotatable bonds is 3. The normalized spacial score (nSPS) is 10.4. The summed E-state index contributed by atoms with van der Waals surface area (Å²) in [5.41, 5.74) is 1.57. The summed E-state index contributed by atoms with van der Waals surface area (Å²) in [4.78, 5) is 23.1. The van der Waals surface area contributed by atoms with E-state index in [-0.39, 0.29) is 0 Å². The maximum Gasteiger partial charge on any atom is 0.160 e. The van der Waals surface area contributed by atoms with E-state index in [0.717, 1.165) is 32.6 Å². The second kappa shape index (κ2) is 4.91. The number of halogens is 2. The largest absolute Gasteiger partial charge is 0.297 e. The Morgan fingerprint density at radius 3 is 1.56 bits per heavy atom. The Kier molecular flexibility index (Phi) is 3.73. The van der Waals surface area contributed by atoms with Crippen molar-refractivity contribution in [1.29, 1.82) is 0 Å². The van der Waals surface area contributed by atoms with Gasteiger partial charge in [-0.2, -0.15) is 0 Å². The maximum atomic E-state index is 10.9. The minimum absolute atomic E-state index is 0.620. The van der Waals surface area contributed by atoms with Crippen LogP contribution in [-0.2, 0) is 0 Å². The molecule has 82 valence electrons. The molecule has 0 aliphatic rings. The van der Waals surface area contributed by atoms with Crippen LogP contribution < -0.4 is 0 Å². The first-order valence-corrected chi connectivity index (χ1v) is 7.48. The van der Waals surface area contributed by atoms with Crippen molar-refractivity contribution in [3.63, 3.8) is 0 Å². The fourth-order valence-corrected chi connectivity index (χ4v) is 4.47. The van der Waals surface area contributed by atoms with Crippen LogP contribution in [0.5, 0.6) is 0 Å². The molecule has 0 spiro atoms. The molecule has 0 aliphatic heterocycles. The maximum absolute atomic E-state index is 10.9. The van der Waals surface area contributed by atoms with E-state index in [4.69, 9.17) is 0 Å². The molecule has 0 atom stereocenters. The van der Waals surface area contributed by atoms with Crippen molar-refractivity contribution in [2.75, 3.05) is 0 Å². The summed E-state index contributed by atoms with van der Waals surface area (Å²) in [6, 6.07) is 0. The fourth-order valence-electron chi connectivity index (χ4n) is 1.36. The Labute approximate surface area is 117 Å². The molecule has 0 aliphatic carbocycles. The first kappa shape index (κ1) is 12.2. The van der Waals surface area contributed by atoms with Gasteiger partial charge in [-0.25, -0.2) is 0 Å². The third-order valence-electron chi connectivity index (χ3n) is 2.01. The number of carbonyl (C=O) groups is 2. The molecule has 0 fully saturated rings. The lowest BCUT2D eigenvalue weighted by atomic mass is 10.1. The molecule has 0 N–H and O–H groups in total. The second-order valence-electron chi connectivity index (χ2n) is 2.88. The molecule has 0 unspecified atom stereocenters. The molecule has 2 rings (SSSR count). The van der Waals surface area contributed by atoms with E-state index in [9.17, 15) is 9.59 Å². The van der Waals surface area contributed by atoms with Crippen LogP contribution in [0.4, 0.5) is 0 Å². The van der Waals surface area contributed by atoms with E-state index < -0.39 is 0 Å². The highest BCUT2D eigenvalue weighted by molar-refractivity contribution is 9.11. The van der Waals surface area contributed by atoms with Crippen LogP contribution in [-0.4, -0.2) is 12.6 Å². The molecular formula is C10H4Br2O2S2. The zero-order valence-electron chi connectivity index (χ0n) is 7.70. The molecule has 6 heteroatoms. The third-order valence-corrected chi connectivity index (χ3v) is 5.69. The molecule has 0 amide bonds. The Morgan fingerprint density at radius 1 is 0.875 bits per heavy atom.